The number of rotatable bonds is 3. The molecular weight excluding hydrogens is 188 g/mol. The summed E-state index contributed by atoms with van der Waals surface area (Å²) in [5.74, 6) is 2.16. The quantitative estimate of drug-likeness (QED) is 0.761. The van der Waals surface area contributed by atoms with Crippen LogP contribution in [0, 0.1) is 17.8 Å². The normalized spacial score (nSPS) is 35.5. The van der Waals surface area contributed by atoms with Crippen molar-refractivity contribution in [2.75, 3.05) is 13.6 Å². The Bertz CT molecular complexity index is 252. The van der Waals surface area contributed by atoms with Crippen LogP contribution in [0.5, 0.6) is 0 Å². The van der Waals surface area contributed by atoms with E-state index >= 15 is 0 Å². The topological polar surface area (TPSA) is 46.3 Å². The van der Waals surface area contributed by atoms with Gasteiger partial charge in [-0.05, 0) is 38.0 Å². The standard InChI is InChI=1S/C12H22N2O/c1-8(13)7-14(2)12(15)11-6-9-3-4-10(11)5-9/h8-11H,3-7,13H2,1-2H3. The van der Waals surface area contributed by atoms with Gasteiger partial charge < -0.3 is 10.6 Å². The molecule has 1 amide bonds. The zero-order valence-electron chi connectivity index (χ0n) is 9.78. The van der Waals surface area contributed by atoms with Gasteiger partial charge in [-0.25, -0.2) is 0 Å². The minimum atomic E-state index is 0.0811. The van der Waals surface area contributed by atoms with Crippen molar-refractivity contribution in [3.63, 3.8) is 0 Å². The fraction of sp³-hybridized carbons (Fsp3) is 0.917. The van der Waals surface area contributed by atoms with Crippen molar-refractivity contribution in [1.29, 1.82) is 0 Å². The van der Waals surface area contributed by atoms with Gasteiger partial charge in [-0.2, -0.15) is 0 Å². The van der Waals surface area contributed by atoms with Gasteiger partial charge >= 0.3 is 0 Å². The number of hydrogen-bond acceptors (Lipinski definition) is 2. The molecule has 2 aliphatic carbocycles. The van der Waals surface area contributed by atoms with Crippen molar-refractivity contribution in [1.82, 2.24) is 4.90 Å². The maximum absolute atomic E-state index is 12.1. The number of likely N-dealkylation sites (N-methyl/N-ethyl adjacent to an activating group) is 1. The fourth-order valence-corrected chi connectivity index (χ4v) is 3.35. The summed E-state index contributed by atoms with van der Waals surface area (Å²) in [6.07, 6.45) is 5.05. The lowest BCUT2D eigenvalue weighted by Gasteiger charge is -2.27. The summed E-state index contributed by atoms with van der Waals surface area (Å²) in [6.45, 7) is 2.64. The van der Waals surface area contributed by atoms with E-state index in [2.05, 4.69) is 0 Å². The van der Waals surface area contributed by atoms with E-state index in [0.29, 0.717) is 24.3 Å². The zero-order chi connectivity index (χ0) is 11.0. The summed E-state index contributed by atoms with van der Waals surface area (Å²) >= 11 is 0. The van der Waals surface area contributed by atoms with Crippen LogP contribution in [-0.2, 0) is 4.79 Å². The molecule has 3 heteroatoms. The summed E-state index contributed by atoms with van der Waals surface area (Å²) in [5.41, 5.74) is 5.71. The van der Waals surface area contributed by atoms with Crippen LogP contribution in [0.4, 0.5) is 0 Å². The number of amides is 1. The molecule has 3 nitrogen and oxygen atoms in total. The van der Waals surface area contributed by atoms with Gasteiger partial charge in [0.2, 0.25) is 5.91 Å². The molecule has 0 aromatic rings. The van der Waals surface area contributed by atoms with Gasteiger partial charge in [0.1, 0.15) is 0 Å². The van der Waals surface area contributed by atoms with Crippen LogP contribution in [0.25, 0.3) is 0 Å². The highest BCUT2D eigenvalue weighted by atomic mass is 16.2. The molecule has 0 radical (unpaired) electrons. The van der Waals surface area contributed by atoms with E-state index < -0.39 is 0 Å². The van der Waals surface area contributed by atoms with Gasteiger partial charge in [0.15, 0.2) is 0 Å². The molecule has 2 aliphatic rings. The third-order valence-corrected chi connectivity index (χ3v) is 3.99. The molecule has 2 N–H and O–H groups in total. The molecule has 0 saturated heterocycles. The summed E-state index contributed by atoms with van der Waals surface area (Å²) in [4.78, 5) is 14.0. The van der Waals surface area contributed by atoms with E-state index in [-0.39, 0.29) is 6.04 Å². The second-order valence-electron chi connectivity index (χ2n) is 5.48. The first-order chi connectivity index (χ1) is 7.08. The molecule has 0 aliphatic heterocycles. The van der Waals surface area contributed by atoms with Crippen molar-refractivity contribution in [2.45, 2.75) is 38.6 Å². The number of fused-ring (bicyclic) bond motifs is 2. The highest BCUT2D eigenvalue weighted by Gasteiger charge is 2.43. The SMILES string of the molecule is CC(N)CN(C)C(=O)C1CC2CCC1C2. The van der Waals surface area contributed by atoms with Crippen LogP contribution >= 0.6 is 0 Å². The van der Waals surface area contributed by atoms with Gasteiger partial charge in [0.25, 0.3) is 0 Å². The molecule has 2 fully saturated rings. The van der Waals surface area contributed by atoms with Gasteiger partial charge in [-0.1, -0.05) is 6.42 Å². The Kier molecular flexibility index (Phi) is 3.01. The van der Waals surface area contributed by atoms with E-state index in [1.165, 1.54) is 19.3 Å². The van der Waals surface area contributed by atoms with Gasteiger partial charge in [0.05, 0.1) is 0 Å². The fourth-order valence-electron chi connectivity index (χ4n) is 3.35. The van der Waals surface area contributed by atoms with E-state index in [0.717, 1.165) is 12.3 Å². The van der Waals surface area contributed by atoms with Crippen LogP contribution < -0.4 is 5.73 Å². The number of hydrogen-bond donors (Lipinski definition) is 1. The lowest BCUT2D eigenvalue weighted by molar-refractivity contribution is -0.136. The second kappa shape index (κ2) is 4.12. The molecule has 4 unspecified atom stereocenters. The summed E-state index contributed by atoms with van der Waals surface area (Å²) in [7, 11) is 1.89. The Morgan fingerprint density at radius 3 is 2.67 bits per heavy atom. The summed E-state index contributed by atoms with van der Waals surface area (Å²) < 4.78 is 0. The highest BCUT2D eigenvalue weighted by molar-refractivity contribution is 5.79. The smallest absolute Gasteiger partial charge is 0.225 e. The predicted molar refractivity (Wildman–Crippen MR) is 60.2 cm³/mol. The van der Waals surface area contributed by atoms with E-state index in [1.54, 1.807) is 0 Å². The number of carbonyl (C=O) groups is 1. The van der Waals surface area contributed by atoms with Crippen molar-refractivity contribution in [3.05, 3.63) is 0 Å². The Morgan fingerprint density at radius 1 is 1.47 bits per heavy atom. The molecule has 2 rings (SSSR count). The van der Waals surface area contributed by atoms with E-state index in [4.69, 9.17) is 5.73 Å². The van der Waals surface area contributed by atoms with Gasteiger partial charge in [-0.15, -0.1) is 0 Å². The van der Waals surface area contributed by atoms with Crippen LogP contribution in [0.1, 0.15) is 32.6 Å². The Balaban J connectivity index is 1.91. The first kappa shape index (κ1) is 10.9. The molecule has 2 saturated carbocycles. The first-order valence-corrected chi connectivity index (χ1v) is 6.08. The van der Waals surface area contributed by atoms with E-state index in [9.17, 15) is 4.79 Å². The molecule has 0 heterocycles. The zero-order valence-corrected chi connectivity index (χ0v) is 9.78. The minimum Gasteiger partial charge on any atom is -0.344 e. The Morgan fingerprint density at radius 2 is 2.20 bits per heavy atom. The minimum absolute atomic E-state index is 0.0811. The van der Waals surface area contributed by atoms with Crippen molar-refractivity contribution in [3.8, 4) is 0 Å². The lowest BCUT2D eigenvalue weighted by Crippen LogP contribution is -2.41. The third kappa shape index (κ3) is 2.17. The highest BCUT2D eigenvalue weighted by Crippen LogP contribution is 2.48. The maximum Gasteiger partial charge on any atom is 0.225 e. The molecule has 2 bridgehead atoms. The molecule has 0 spiro atoms. The maximum atomic E-state index is 12.1. The number of carbonyl (C=O) groups excluding carboxylic acids is 1. The Hall–Kier alpha value is -0.570. The van der Waals surface area contributed by atoms with Gasteiger partial charge in [-0.3, -0.25) is 4.79 Å². The molecule has 15 heavy (non-hydrogen) atoms. The Labute approximate surface area is 92.0 Å². The first-order valence-electron chi connectivity index (χ1n) is 6.08. The lowest BCUT2D eigenvalue weighted by atomic mass is 9.88. The van der Waals surface area contributed by atoms with Crippen LogP contribution in [-0.4, -0.2) is 30.4 Å². The molecule has 86 valence electrons. The van der Waals surface area contributed by atoms with Crippen molar-refractivity contribution in [2.24, 2.45) is 23.5 Å². The third-order valence-electron chi connectivity index (χ3n) is 3.99. The average Bonchev–Trinajstić information content (AvgIpc) is 2.76. The summed E-state index contributed by atoms with van der Waals surface area (Å²) in [6, 6.07) is 0.0811. The molecule has 4 atom stereocenters. The van der Waals surface area contributed by atoms with Crippen LogP contribution in [0.2, 0.25) is 0 Å². The van der Waals surface area contributed by atoms with Crippen LogP contribution in [0.15, 0.2) is 0 Å². The van der Waals surface area contributed by atoms with Gasteiger partial charge in [0, 0.05) is 25.6 Å². The second-order valence-corrected chi connectivity index (χ2v) is 5.48. The predicted octanol–water partition coefficient (Wildman–Crippen LogP) is 1.23. The molecule has 0 aromatic carbocycles. The average molecular weight is 210 g/mol. The number of nitrogens with zero attached hydrogens (tertiary/aromatic N) is 1. The summed E-state index contributed by atoms with van der Waals surface area (Å²) in [5, 5.41) is 0. The molecule has 0 aromatic heterocycles. The van der Waals surface area contributed by atoms with Crippen molar-refractivity contribution < 1.29 is 4.79 Å². The monoisotopic (exact) mass is 210 g/mol. The van der Waals surface area contributed by atoms with E-state index in [1.807, 2.05) is 18.9 Å². The van der Waals surface area contributed by atoms with Crippen molar-refractivity contribution >= 4 is 5.91 Å². The van der Waals surface area contributed by atoms with Crippen LogP contribution in [0.3, 0.4) is 0 Å². The molecular formula is C12H22N2O. The number of nitrogens with two attached hydrogens (primary N) is 1. The largest absolute Gasteiger partial charge is 0.344 e.